The third kappa shape index (κ3) is 24.8. The number of rotatable bonds is 22. The number of allylic oxidation sites excluding steroid dienone is 4. The van der Waals surface area contributed by atoms with Gasteiger partial charge in [-0.2, -0.15) is 0 Å². The van der Waals surface area contributed by atoms with Crippen LogP contribution < -0.4 is 0 Å². The van der Waals surface area contributed by atoms with Gasteiger partial charge in [0.15, 0.2) is 0 Å². The van der Waals surface area contributed by atoms with E-state index < -0.39 is 0 Å². The lowest BCUT2D eigenvalue weighted by Gasteiger charge is -2.04. The summed E-state index contributed by atoms with van der Waals surface area (Å²) in [5, 5.41) is 0. The van der Waals surface area contributed by atoms with Gasteiger partial charge in [0.25, 0.3) is 0 Å². The molecule has 0 amide bonds. The molecule has 31 heavy (non-hydrogen) atoms. The number of ether oxygens (including phenoxy) is 1. The van der Waals surface area contributed by atoms with E-state index in [0.29, 0.717) is 12.8 Å². The van der Waals surface area contributed by atoms with Crippen molar-refractivity contribution < 1.29 is 14.3 Å². The van der Waals surface area contributed by atoms with Crippen molar-refractivity contribution in [3.05, 3.63) is 24.3 Å². The number of carbonyl (C=O) groups is 2. The van der Waals surface area contributed by atoms with E-state index in [9.17, 15) is 9.59 Å². The second kappa shape index (κ2) is 24.9. The largest absolute Gasteiger partial charge is 0.393 e. The molecule has 0 spiro atoms. The van der Waals surface area contributed by atoms with Crippen molar-refractivity contribution in [1.29, 1.82) is 0 Å². The van der Waals surface area contributed by atoms with Crippen LogP contribution in [0.3, 0.4) is 0 Å². The molecule has 0 saturated carbocycles. The molecule has 0 aromatic rings. The fourth-order valence-electron chi connectivity index (χ4n) is 3.47. The number of hydrogen-bond donors (Lipinski definition) is 0. The van der Waals surface area contributed by atoms with E-state index in [2.05, 4.69) is 38.2 Å². The Morgan fingerprint density at radius 3 is 1.19 bits per heavy atom. The average molecular weight is 435 g/mol. The molecule has 0 aliphatic heterocycles. The van der Waals surface area contributed by atoms with Crippen LogP contribution in [0.1, 0.15) is 142 Å². The minimum absolute atomic E-state index is 0.348. The Morgan fingerprint density at radius 2 is 0.806 bits per heavy atom. The number of carbonyl (C=O) groups excluding carboxylic acids is 2. The lowest BCUT2D eigenvalue weighted by molar-refractivity contribution is -0.159. The molecule has 3 heteroatoms. The highest BCUT2D eigenvalue weighted by molar-refractivity contribution is 5.85. The molecule has 0 atom stereocenters. The Labute approximate surface area is 193 Å². The maximum absolute atomic E-state index is 11.8. The second-order valence-corrected chi connectivity index (χ2v) is 8.69. The molecule has 0 aliphatic rings. The van der Waals surface area contributed by atoms with Crippen LogP contribution in [0.4, 0.5) is 0 Å². The first-order valence-electron chi connectivity index (χ1n) is 13.2. The van der Waals surface area contributed by atoms with Crippen molar-refractivity contribution in [3.8, 4) is 0 Å². The molecule has 0 heterocycles. The van der Waals surface area contributed by atoms with Crippen LogP contribution in [0.5, 0.6) is 0 Å². The minimum Gasteiger partial charge on any atom is -0.393 e. The summed E-state index contributed by atoms with van der Waals surface area (Å²) in [4.78, 5) is 23.5. The summed E-state index contributed by atoms with van der Waals surface area (Å²) in [6.07, 6.45) is 30.6. The smallest absolute Gasteiger partial charge is 0.313 e. The summed E-state index contributed by atoms with van der Waals surface area (Å²) < 4.78 is 4.94. The van der Waals surface area contributed by atoms with Gasteiger partial charge in [-0.25, -0.2) is 0 Å². The van der Waals surface area contributed by atoms with E-state index in [-0.39, 0.29) is 11.9 Å². The Kier molecular flexibility index (Phi) is 23.8. The third-order valence-electron chi connectivity index (χ3n) is 5.51. The first-order chi connectivity index (χ1) is 15.2. The minimum atomic E-state index is -0.348. The average Bonchev–Trinajstić information content (AvgIpc) is 2.75. The fourth-order valence-corrected chi connectivity index (χ4v) is 3.47. The molecular formula is C28H50O3. The van der Waals surface area contributed by atoms with Crippen molar-refractivity contribution in [2.24, 2.45) is 0 Å². The van der Waals surface area contributed by atoms with Gasteiger partial charge in [0, 0.05) is 12.8 Å². The van der Waals surface area contributed by atoms with Crippen LogP contribution in [-0.4, -0.2) is 11.9 Å². The van der Waals surface area contributed by atoms with Crippen LogP contribution in [0, 0.1) is 0 Å². The van der Waals surface area contributed by atoms with Gasteiger partial charge in [0.2, 0.25) is 0 Å². The summed E-state index contributed by atoms with van der Waals surface area (Å²) in [5.41, 5.74) is 0. The van der Waals surface area contributed by atoms with E-state index in [1.807, 2.05) is 0 Å². The summed E-state index contributed by atoms with van der Waals surface area (Å²) in [5.74, 6) is -0.697. The van der Waals surface area contributed by atoms with Gasteiger partial charge in [0.1, 0.15) is 0 Å². The molecule has 0 N–H and O–H groups in total. The summed E-state index contributed by atoms with van der Waals surface area (Å²) in [6.45, 7) is 4.44. The van der Waals surface area contributed by atoms with Crippen LogP contribution in [0.25, 0.3) is 0 Å². The fraction of sp³-hybridized carbons (Fsp3) is 0.786. The maximum Gasteiger partial charge on any atom is 0.313 e. The van der Waals surface area contributed by atoms with Gasteiger partial charge in [-0.1, -0.05) is 102 Å². The van der Waals surface area contributed by atoms with Crippen molar-refractivity contribution in [1.82, 2.24) is 0 Å². The standard InChI is InChI=1S/C28H50O3/c1-3-5-7-9-11-13-15-17-19-21-23-25-27(29)31-28(30)26-24-22-20-18-16-14-12-10-8-6-4-2/h9-12H,3-8,13-26H2,1-2H3/b11-9-,12-10?. The van der Waals surface area contributed by atoms with E-state index in [0.717, 1.165) is 51.4 Å². The van der Waals surface area contributed by atoms with Gasteiger partial charge >= 0.3 is 11.9 Å². The van der Waals surface area contributed by atoms with Gasteiger partial charge < -0.3 is 4.74 Å². The second-order valence-electron chi connectivity index (χ2n) is 8.69. The molecule has 180 valence electrons. The Hall–Kier alpha value is -1.38. The van der Waals surface area contributed by atoms with E-state index >= 15 is 0 Å². The van der Waals surface area contributed by atoms with Gasteiger partial charge in [-0.05, 0) is 51.4 Å². The van der Waals surface area contributed by atoms with E-state index in [1.165, 1.54) is 64.2 Å². The molecule has 0 rings (SSSR count). The number of hydrogen-bond acceptors (Lipinski definition) is 3. The molecule has 0 aromatic carbocycles. The lowest BCUT2D eigenvalue weighted by Crippen LogP contribution is -2.11. The lowest BCUT2D eigenvalue weighted by atomic mass is 10.1. The molecule has 0 aromatic heterocycles. The molecule has 0 aliphatic carbocycles. The van der Waals surface area contributed by atoms with Crippen LogP contribution in [-0.2, 0) is 14.3 Å². The van der Waals surface area contributed by atoms with E-state index in [4.69, 9.17) is 4.74 Å². The quantitative estimate of drug-likeness (QED) is 0.0738. The molecule has 0 unspecified atom stereocenters. The zero-order valence-corrected chi connectivity index (χ0v) is 20.7. The van der Waals surface area contributed by atoms with Crippen LogP contribution in [0.15, 0.2) is 24.3 Å². The highest BCUT2D eigenvalue weighted by Crippen LogP contribution is 2.11. The van der Waals surface area contributed by atoms with Crippen molar-refractivity contribution in [2.45, 2.75) is 142 Å². The van der Waals surface area contributed by atoms with Gasteiger partial charge in [-0.3, -0.25) is 9.59 Å². The Balaban J connectivity index is 3.39. The highest BCUT2D eigenvalue weighted by Gasteiger charge is 2.09. The maximum atomic E-state index is 11.8. The highest BCUT2D eigenvalue weighted by atomic mass is 16.6. The Morgan fingerprint density at radius 1 is 0.484 bits per heavy atom. The zero-order chi connectivity index (χ0) is 22.8. The first kappa shape index (κ1) is 29.6. The van der Waals surface area contributed by atoms with Crippen molar-refractivity contribution in [2.75, 3.05) is 0 Å². The molecule has 3 nitrogen and oxygen atoms in total. The molecule has 0 bridgehead atoms. The van der Waals surface area contributed by atoms with Crippen molar-refractivity contribution >= 4 is 11.9 Å². The van der Waals surface area contributed by atoms with Gasteiger partial charge in [-0.15, -0.1) is 0 Å². The van der Waals surface area contributed by atoms with Crippen LogP contribution >= 0.6 is 0 Å². The topological polar surface area (TPSA) is 43.4 Å². The van der Waals surface area contributed by atoms with Crippen molar-refractivity contribution in [3.63, 3.8) is 0 Å². The normalized spacial score (nSPS) is 11.5. The SMILES string of the molecule is CCCCC=CCCCCCCCC(=O)OC(=O)CCCCCCC/C=C\CCCC. The van der Waals surface area contributed by atoms with E-state index in [1.54, 1.807) is 0 Å². The predicted octanol–water partition coefficient (Wildman–Crippen LogP) is 9.01. The molecule has 0 fully saturated rings. The predicted molar refractivity (Wildman–Crippen MR) is 133 cm³/mol. The number of esters is 2. The first-order valence-corrected chi connectivity index (χ1v) is 13.2. The monoisotopic (exact) mass is 434 g/mol. The van der Waals surface area contributed by atoms with Gasteiger partial charge in [0.05, 0.1) is 0 Å². The molecule has 0 saturated heterocycles. The summed E-state index contributed by atoms with van der Waals surface area (Å²) in [6, 6.07) is 0. The Bertz CT molecular complexity index is 423. The number of unbranched alkanes of at least 4 members (excludes halogenated alkanes) is 14. The van der Waals surface area contributed by atoms with Crippen LogP contribution in [0.2, 0.25) is 0 Å². The third-order valence-corrected chi connectivity index (χ3v) is 5.51. The molecular weight excluding hydrogens is 384 g/mol. The molecule has 0 radical (unpaired) electrons. The summed E-state index contributed by atoms with van der Waals surface area (Å²) in [7, 11) is 0. The zero-order valence-electron chi connectivity index (χ0n) is 20.7. The summed E-state index contributed by atoms with van der Waals surface area (Å²) >= 11 is 0.